The van der Waals surface area contributed by atoms with Crippen LogP contribution in [0.15, 0.2) is 36.4 Å². The molecule has 0 aliphatic heterocycles. The van der Waals surface area contributed by atoms with Gasteiger partial charge in [-0.05, 0) is 30.6 Å². The highest BCUT2D eigenvalue weighted by Gasteiger charge is 2.33. The second kappa shape index (κ2) is 8.64. The van der Waals surface area contributed by atoms with Gasteiger partial charge in [-0.25, -0.2) is 4.98 Å². The van der Waals surface area contributed by atoms with E-state index in [-0.39, 0.29) is 5.41 Å². The number of rotatable bonds is 5. The average Bonchev–Trinajstić information content (AvgIpc) is 2.67. The van der Waals surface area contributed by atoms with Crippen LogP contribution >= 0.6 is 23.8 Å². The summed E-state index contributed by atoms with van der Waals surface area (Å²) in [5.74, 6) is 0.715. The topological polar surface area (TPSA) is 59.1 Å². The number of hydrogen-bond acceptors (Lipinski definition) is 4. The number of anilines is 1. The van der Waals surface area contributed by atoms with E-state index in [1.54, 1.807) is 6.07 Å². The van der Waals surface area contributed by atoms with Crippen LogP contribution in [0.1, 0.15) is 37.7 Å². The van der Waals surface area contributed by atoms with Crippen LogP contribution in [-0.4, -0.2) is 28.7 Å². The summed E-state index contributed by atoms with van der Waals surface area (Å²) < 4.78 is 5.11. The Morgan fingerprint density at radius 2 is 1.92 bits per heavy atom. The predicted molar refractivity (Wildman–Crippen MR) is 109 cm³/mol. The first-order chi connectivity index (χ1) is 12.6. The molecule has 0 amide bonds. The number of ether oxygens (including phenoxy) is 1. The lowest BCUT2D eigenvalue weighted by molar-refractivity contribution is 0.292. The van der Waals surface area contributed by atoms with Crippen molar-refractivity contribution in [3.63, 3.8) is 0 Å². The Morgan fingerprint density at radius 1 is 1.19 bits per heavy atom. The molecule has 3 rings (SSSR count). The predicted octanol–water partition coefficient (Wildman–Crippen LogP) is 4.33. The van der Waals surface area contributed by atoms with E-state index in [0.29, 0.717) is 22.1 Å². The van der Waals surface area contributed by atoms with Crippen molar-refractivity contribution < 1.29 is 4.74 Å². The summed E-state index contributed by atoms with van der Waals surface area (Å²) in [6.45, 7) is 0.778. The summed E-state index contributed by atoms with van der Waals surface area (Å²) in [6, 6.07) is 12.3. The normalized spacial score (nSPS) is 15.9. The molecule has 0 radical (unpaired) electrons. The van der Waals surface area contributed by atoms with Crippen molar-refractivity contribution in [1.29, 1.82) is 0 Å². The molecule has 2 aromatic rings. The van der Waals surface area contributed by atoms with Crippen LogP contribution in [0.5, 0.6) is 5.88 Å². The van der Waals surface area contributed by atoms with Crippen LogP contribution in [0.3, 0.4) is 0 Å². The minimum absolute atomic E-state index is 0.109. The van der Waals surface area contributed by atoms with Crippen molar-refractivity contribution in [2.45, 2.75) is 37.5 Å². The number of hydrogen-bond donors (Lipinski definition) is 2. The summed E-state index contributed by atoms with van der Waals surface area (Å²) in [5, 5.41) is 7.14. The molecule has 1 aromatic heterocycles. The molecule has 5 nitrogen and oxygen atoms in total. The Labute approximate surface area is 164 Å². The maximum Gasteiger partial charge on any atom is 0.233 e. The quantitative estimate of drug-likeness (QED) is 0.585. The van der Waals surface area contributed by atoms with Gasteiger partial charge in [-0.15, -0.1) is 0 Å². The monoisotopic (exact) mass is 390 g/mol. The summed E-state index contributed by atoms with van der Waals surface area (Å²) in [7, 11) is 1.53. The highest BCUT2D eigenvalue weighted by molar-refractivity contribution is 7.80. The molecular formula is C19H23ClN4OS. The molecule has 138 valence electrons. The van der Waals surface area contributed by atoms with Gasteiger partial charge in [0.1, 0.15) is 5.15 Å². The summed E-state index contributed by atoms with van der Waals surface area (Å²) in [6.07, 6.45) is 6.10. The Morgan fingerprint density at radius 3 is 2.62 bits per heavy atom. The smallest absolute Gasteiger partial charge is 0.233 e. The van der Waals surface area contributed by atoms with Crippen molar-refractivity contribution in [2.75, 3.05) is 19.0 Å². The number of nitrogens with zero attached hydrogens (tertiary/aromatic N) is 2. The Bertz CT molecular complexity index is 750. The maximum atomic E-state index is 5.98. The van der Waals surface area contributed by atoms with Gasteiger partial charge in [-0.1, -0.05) is 61.2 Å². The molecule has 7 heteroatoms. The number of methoxy groups -OCH3 is 1. The van der Waals surface area contributed by atoms with Gasteiger partial charge < -0.3 is 15.4 Å². The van der Waals surface area contributed by atoms with Gasteiger partial charge in [-0.3, -0.25) is 0 Å². The molecule has 1 aromatic carbocycles. The van der Waals surface area contributed by atoms with Crippen LogP contribution < -0.4 is 15.4 Å². The molecule has 0 unspecified atom stereocenters. The van der Waals surface area contributed by atoms with Gasteiger partial charge in [0.25, 0.3) is 0 Å². The fourth-order valence-corrected chi connectivity index (χ4v) is 3.88. The first-order valence-electron chi connectivity index (χ1n) is 8.80. The molecule has 26 heavy (non-hydrogen) atoms. The fraction of sp³-hybridized carbons (Fsp3) is 0.421. The summed E-state index contributed by atoms with van der Waals surface area (Å²) >= 11 is 11.4. The molecule has 0 spiro atoms. The number of benzene rings is 1. The minimum atomic E-state index is 0.109. The molecule has 1 aliphatic rings. The SMILES string of the molecule is COc1cc(Cl)nc(NC(=S)NCC2(c3ccccc3)CCCCC2)n1. The van der Waals surface area contributed by atoms with Crippen LogP contribution in [0.25, 0.3) is 0 Å². The number of thiocarbonyl (C=S) groups is 1. The zero-order valence-electron chi connectivity index (χ0n) is 14.8. The van der Waals surface area contributed by atoms with Gasteiger partial charge in [0.2, 0.25) is 11.8 Å². The summed E-state index contributed by atoms with van der Waals surface area (Å²) in [5.41, 5.74) is 1.48. The van der Waals surface area contributed by atoms with Crippen LogP contribution in [0.2, 0.25) is 5.15 Å². The van der Waals surface area contributed by atoms with E-state index in [9.17, 15) is 0 Å². The van der Waals surface area contributed by atoms with Gasteiger partial charge in [0, 0.05) is 18.0 Å². The lowest BCUT2D eigenvalue weighted by Gasteiger charge is -2.38. The van der Waals surface area contributed by atoms with Crippen LogP contribution in [0.4, 0.5) is 5.95 Å². The molecule has 1 saturated carbocycles. The summed E-state index contributed by atoms with van der Waals surface area (Å²) in [4.78, 5) is 8.33. The largest absolute Gasteiger partial charge is 0.481 e. The first kappa shape index (κ1) is 18.9. The highest BCUT2D eigenvalue weighted by Crippen LogP contribution is 2.38. The third-order valence-corrected chi connectivity index (χ3v) is 5.33. The van der Waals surface area contributed by atoms with Crippen molar-refractivity contribution in [1.82, 2.24) is 15.3 Å². The first-order valence-corrected chi connectivity index (χ1v) is 9.59. The Hall–Kier alpha value is -1.92. The third-order valence-electron chi connectivity index (χ3n) is 4.89. The molecule has 2 N–H and O–H groups in total. The second-order valence-electron chi connectivity index (χ2n) is 6.57. The molecule has 0 saturated heterocycles. The van der Waals surface area contributed by atoms with Crippen LogP contribution in [0, 0.1) is 0 Å². The van der Waals surface area contributed by atoms with E-state index in [1.807, 2.05) is 0 Å². The van der Waals surface area contributed by atoms with Gasteiger partial charge in [-0.2, -0.15) is 4.98 Å². The number of aromatic nitrogens is 2. The lowest BCUT2D eigenvalue weighted by atomic mass is 9.69. The van der Waals surface area contributed by atoms with E-state index < -0.39 is 0 Å². The fourth-order valence-electron chi connectivity index (χ4n) is 3.54. The molecule has 1 aliphatic carbocycles. The zero-order valence-corrected chi connectivity index (χ0v) is 16.4. The standard InChI is InChI=1S/C19H23ClN4OS/c1-25-16-12-15(20)22-17(23-16)24-18(26)21-13-19(10-6-3-7-11-19)14-8-4-2-5-9-14/h2,4-5,8-9,12H,3,6-7,10-11,13H2,1H3,(H2,21,22,23,24,26). The van der Waals surface area contributed by atoms with Gasteiger partial charge >= 0.3 is 0 Å². The number of nitrogens with one attached hydrogen (secondary N) is 2. The van der Waals surface area contributed by atoms with E-state index in [0.717, 1.165) is 19.4 Å². The number of halogens is 1. The van der Waals surface area contributed by atoms with Crippen molar-refractivity contribution in [3.05, 3.63) is 47.1 Å². The van der Waals surface area contributed by atoms with E-state index in [2.05, 4.69) is 50.9 Å². The van der Waals surface area contributed by atoms with Crippen molar-refractivity contribution >= 4 is 34.9 Å². The molecule has 0 bridgehead atoms. The Kier molecular flexibility index (Phi) is 6.27. The molecular weight excluding hydrogens is 368 g/mol. The molecule has 0 atom stereocenters. The Balaban J connectivity index is 1.67. The highest BCUT2D eigenvalue weighted by atomic mass is 35.5. The molecule has 1 fully saturated rings. The van der Waals surface area contributed by atoms with Gasteiger partial charge in [0.15, 0.2) is 5.11 Å². The van der Waals surface area contributed by atoms with Crippen molar-refractivity contribution in [3.8, 4) is 5.88 Å². The van der Waals surface area contributed by atoms with Crippen molar-refractivity contribution in [2.24, 2.45) is 0 Å². The zero-order chi connectivity index (χ0) is 18.4. The van der Waals surface area contributed by atoms with Gasteiger partial charge in [0.05, 0.1) is 7.11 Å². The molecule has 1 heterocycles. The average molecular weight is 391 g/mol. The second-order valence-corrected chi connectivity index (χ2v) is 7.37. The van der Waals surface area contributed by atoms with E-state index in [1.165, 1.54) is 31.9 Å². The van der Waals surface area contributed by atoms with Crippen LogP contribution in [-0.2, 0) is 5.41 Å². The third kappa shape index (κ3) is 4.62. The lowest BCUT2D eigenvalue weighted by Crippen LogP contribution is -2.43. The van der Waals surface area contributed by atoms with E-state index >= 15 is 0 Å². The maximum absolute atomic E-state index is 5.98. The minimum Gasteiger partial charge on any atom is -0.481 e. The van der Waals surface area contributed by atoms with E-state index in [4.69, 9.17) is 28.6 Å².